The van der Waals surface area contributed by atoms with Gasteiger partial charge in [-0.3, -0.25) is 4.57 Å². The standard InChI is InChI=1S/C8H13N3O2S/c1-5(12)4-14-8-10-9-7(13)11(8)6-2-3-6/h5-6,12H,2-4H2,1H3,(H,9,13). The lowest BCUT2D eigenvalue weighted by atomic mass is 10.5. The Kier molecular flexibility index (Phi) is 2.64. The Hall–Kier alpha value is -0.750. The van der Waals surface area contributed by atoms with Gasteiger partial charge in [-0.1, -0.05) is 11.8 Å². The fraction of sp³-hybridized carbons (Fsp3) is 0.750. The summed E-state index contributed by atoms with van der Waals surface area (Å²) in [6.07, 6.45) is 1.74. The van der Waals surface area contributed by atoms with Crippen LogP contribution in [-0.4, -0.2) is 31.7 Å². The zero-order chi connectivity index (χ0) is 10.1. The number of hydrogen-bond donors (Lipinski definition) is 2. The third kappa shape index (κ3) is 2.01. The fourth-order valence-electron chi connectivity index (χ4n) is 1.24. The molecule has 0 radical (unpaired) electrons. The molecule has 1 aromatic heterocycles. The van der Waals surface area contributed by atoms with E-state index in [0.717, 1.165) is 12.8 Å². The molecule has 1 aliphatic rings. The molecule has 5 nitrogen and oxygen atoms in total. The zero-order valence-electron chi connectivity index (χ0n) is 7.93. The van der Waals surface area contributed by atoms with Gasteiger partial charge >= 0.3 is 5.69 Å². The molecule has 1 fully saturated rings. The van der Waals surface area contributed by atoms with Gasteiger partial charge in [0.05, 0.1) is 6.10 Å². The first-order valence-electron chi connectivity index (χ1n) is 4.66. The van der Waals surface area contributed by atoms with Gasteiger partial charge in [0.15, 0.2) is 5.16 Å². The van der Waals surface area contributed by atoms with Crippen LogP contribution in [0.1, 0.15) is 25.8 Å². The van der Waals surface area contributed by atoms with Crippen LogP contribution in [0.25, 0.3) is 0 Å². The molecule has 6 heteroatoms. The second-order valence-electron chi connectivity index (χ2n) is 3.57. The van der Waals surface area contributed by atoms with E-state index in [1.165, 1.54) is 11.8 Å². The van der Waals surface area contributed by atoms with Gasteiger partial charge in [0.2, 0.25) is 0 Å². The Labute approximate surface area is 85.5 Å². The third-order valence-corrected chi connectivity index (χ3v) is 3.23. The predicted octanol–water partition coefficient (Wildman–Crippen LogP) is 0.379. The van der Waals surface area contributed by atoms with Crippen LogP contribution in [-0.2, 0) is 0 Å². The Morgan fingerprint density at radius 3 is 3.07 bits per heavy atom. The van der Waals surface area contributed by atoms with E-state index in [9.17, 15) is 4.79 Å². The summed E-state index contributed by atoms with van der Waals surface area (Å²) in [6.45, 7) is 1.72. The van der Waals surface area contributed by atoms with E-state index in [4.69, 9.17) is 5.11 Å². The van der Waals surface area contributed by atoms with Crippen molar-refractivity contribution in [2.24, 2.45) is 0 Å². The Morgan fingerprint density at radius 1 is 1.79 bits per heavy atom. The highest BCUT2D eigenvalue weighted by atomic mass is 32.2. The minimum absolute atomic E-state index is 0.138. The molecule has 2 N–H and O–H groups in total. The highest BCUT2D eigenvalue weighted by Gasteiger charge is 2.28. The SMILES string of the molecule is CC(O)CSc1n[nH]c(=O)n1C1CC1. The molecule has 1 heterocycles. The summed E-state index contributed by atoms with van der Waals surface area (Å²) in [4.78, 5) is 11.3. The van der Waals surface area contributed by atoms with E-state index in [2.05, 4.69) is 10.2 Å². The second-order valence-corrected chi connectivity index (χ2v) is 4.56. The van der Waals surface area contributed by atoms with Crippen LogP contribution in [0.2, 0.25) is 0 Å². The highest BCUT2D eigenvalue weighted by Crippen LogP contribution is 2.35. The summed E-state index contributed by atoms with van der Waals surface area (Å²) in [6, 6.07) is 0.331. The molecule has 78 valence electrons. The lowest BCUT2D eigenvalue weighted by Gasteiger charge is -2.04. The first-order chi connectivity index (χ1) is 6.68. The van der Waals surface area contributed by atoms with Crippen molar-refractivity contribution < 1.29 is 5.11 Å². The maximum absolute atomic E-state index is 11.3. The van der Waals surface area contributed by atoms with Crippen molar-refractivity contribution in [3.05, 3.63) is 10.5 Å². The minimum atomic E-state index is -0.376. The van der Waals surface area contributed by atoms with Crippen molar-refractivity contribution in [3.8, 4) is 0 Å². The Bertz CT molecular complexity index is 367. The summed E-state index contributed by atoms with van der Waals surface area (Å²) in [5.41, 5.74) is -0.138. The first-order valence-corrected chi connectivity index (χ1v) is 5.65. The van der Waals surface area contributed by atoms with Crippen LogP contribution in [0.4, 0.5) is 0 Å². The molecule has 1 atom stereocenters. The maximum atomic E-state index is 11.3. The summed E-state index contributed by atoms with van der Waals surface area (Å²) >= 11 is 1.41. The number of hydrogen-bond acceptors (Lipinski definition) is 4. The molecule has 14 heavy (non-hydrogen) atoms. The summed E-state index contributed by atoms with van der Waals surface area (Å²) in [7, 11) is 0. The summed E-state index contributed by atoms with van der Waals surface area (Å²) in [5, 5.41) is 16.2. The Balaban J connectivity index is 2.12. The number of aliphatic hydroxyl groups excluding tert-OH is 1. The average molecular weight is 215 g/mol. The number of aromatic nitrogens is 3. The number of H-pyrrole nitrogens is 1. The average Bonchev–Trinajstić information content (AvgIpc) is 2.88. The normalized spacial score (nSPS) is 18.4. The molecular weight excluding hydrogens is 202 g/mol. The van der Waals surface area contributed by atoms with Crippen LogP contribution >= 0.6 is 11.8 Å². The predicted molar refractivity (Wildman–Crippen MR) is 53.5 cm³/mol. The third-order valence-electron chi connectivity index (χ3n) is 2.04. The first kappa shape index (κ1) is 9.79. The molecule has 2 rings (SSSR count). The van der Waals surface area contributed by atoms with E-state index in [-0.39, 0.29) is 11.8 Å². The monoisotopic (exact) mass is 215 g/mol. The van der Waals surface area contributed by atoms with Crippen molar-refractivity contribution in [1.29, 1.82) is 0 Å². The number of rotatable bonds is 4. The van der Waals surface area contributed by atoms with Crippen molar-refractivity contribution in [2.75, 3.05) is 5.75 Å². The molecule has 0 amide bonds. The van der Waals surface area contributed by atoms with Crippen molar-refractivity contribution in [1.82, 2.24) is 14.8 Å². The van der Waals surface area contributed by atoms with Crippen LogP contribution < -0.4 is 5.69 Å². The van der Waals surface area contributed by atoms with Crippen LogP contribution in [0.15, 0.2) is 9.95 Å². The van der Waals surface area contributed by atoms with Gasteiger partial charge in [-0.05, 0) is 19.8 Å². The topological polar surface area (TPSA) is 70.9 Å². The number of aliphatic hydroxyl groups is 1. The van der Waals surface area contributed by atoms with Gasteiger partial charge in [0, 0.05) is 11.8 Å². The maximum Gasteiger partial charge on any atom is 0.344 e. The molecule has 0 saturated heterocycles. The van der Waals surface area contributed by atoms with Gasteiger partial charge in [0.1, 0.15) is 0 Å². The number of nitrogens with one attached hydrogen (secondary N) is 1. The van der Waals surface area contributed by atoms with Crippen molar-refractivity contribution >= 4 is 11.8 Å². The van der Waals surface area contributed by atoms with Crippen molar-refractivity contribution in [3.63, 3.8) is 0 Å². The van der Waals surface area contributed by atoms with E-state index >= 15 is 0 Å². The van der Waals surface area contributed by atoms with E-state index < -0.39 is 0 Å². The Morgan fingerprint density at radius 2 is 2.50 bits per heavy atom. The number of aromatic amines is 1. The van der Waals surface area contributed by atoms with Gasteiger partial charge in [-0.15, -0.1) is 5.10 Å². The van der Waals surface area contributed by atoms with Gasteiger partial charge in [-0.2, -0.15) is 0 Å². The smallest absolute Gasteiger partial charge is 0.344 e. The van der Waals surface area contributed by atoms with Gasteiger partial charge in [0.25, 0.3) is 0 Å². The molecule has 1 saturated carbocycles. The van der Waals surface area contributed by atoms with Crippen molar-refractivity contribution in [2.45, 2.75) is 37.1 Å². The molecule has 1 aromatic rings. The highest BCUT2D eigenvalue weighted by molar-refractivity contribution is 7.99. The summed E-state index contributed by atoms with van der Waals surface area (Å²) in [5.74, 6) is 0.566. The van der Waals surface area contributed by atoms with E-state index in [0.29, 0.717) is 17.0 Å². The van der Waals surface area contributed by atoms with E-state index in [1.807, 2.05) is 0 Å². The van der Waals surface area contributed by atoms with E-state index in [1.54, 1.807) is 11.5 Å². The molecule has 1 aliphatic carbocycles. The second kappa shape index (κ2) is 3.78. The summed E-state index contributed by atoms with van der Waals surface area (Å²) < 4.78 is 1.69. The number of nitrogens with zero attached hydrogens (tertiary/aromatic N) is 2. The van der Waals surface area contributed by atoms with Gasteiger partial charge < -0.3 is 5.11 Å². The minimum Gasteiger partial charge on any atom is -0.393 e. The lowest BCUT2D eigenvalue weighted by molar-refractivity contribution is 0.220. The molecule has 0 bridgehead atoms. The molecule has 0 aliphatic heterocycles. The molecule has 0 spiro atoms. The van der Waals surface area contributed by atoms with Gasteiger partial charge in [-0.25, -0.2) is 9.89 Å². The fourth-order valence-corrected chi connectivity index (χ4v) is 2.11. The lowest BCUT2D eigenvalue weighted by Crippen LogP contribution is -2.16. The van der Waals surface area contributed by atoms with Crippen LogP contribution in [0, 0.1) is 0 Å². The van der Waals surface area contributed by atoms with Crippen LogP contribution in [0.3, 0.4) is 0 Å². The largest absolute Gasteiger partial charge is 0.393 e. The molecule has 1 unspecified atom stereocenters. The zero-order valence-corrected chi connectivity index (χ0v) is 8.75. The van der Waals surface area contributed by atoms with Crippen LogP contribution in [0.5, 0.6) is 0 Å². The quantitative estimate of drug-likeness (QED) is 0.712. The molecular formula is C8H13N3O2S. The number of thioether (sulfide) groups is 1. The molecule has 0 aromatic carbocycles.